The van der Waals surface area contributed by atoms with E-state index in [2.05, 4.69) is 15.3 Å². The van der Waals surface area contributed by atoms with Gasteiger partial charge >= 0.3 is 5.97 Å². The van der Waals surface area contributed by atoms with E-state index in [1.54, 1.807) is 31.5 Å². The first-order chi connectivity index (χ1) is 18.4. The second-order valence-electron chi connectivity index (χ2n) is 10.8. The van der Waals surface area contributed by atoms with Gasteiger partial charge in [0.25, 0.3) is 0 Å². The number of carbonyl (C=O) groups is 1. The van der Waals surface area contributed by atoms with Crippen molar-refractivity contribution in [1.82, 2.24) is 15.0 Å². The van der Waals surface area contributed by atoms with Gasteiger partial charge in [0.1, 0.15) is 23.8 Å². The zero-order valence-corrected chi connectivity index (χ0v) is 23.7. The fourth-order valence-corrected chi connectivity index (χ4v) is 6.46. The monoisotopic (exact) mass is 553 g/mol. The van der Waals surface area contributed by atoms with Gasteiger partial charge in [0.2, 0.25) is 5.88 Å². The van der Waals surface area contributed by atoms with Crippen molar-refractivity contribution in [2.45, 2.75) is 82.8 Å². The first-order valence-corrected chi connectivity index (χ1v) is 15.1. The fourth-order valence-electron chi connectivity index (χ4n) is 4.97. The number of hydrogen-bond acceptors (Lipinski definition) is 10. The van der Waals surface area contributed by atoms with Crippen molar-refractivity contribution in [3.05, 3.63) is 47.4 Å². The van der Waals surface area contributed by atoms with E-state index in [9.17, 15) is 13.2 Å². The number of esters is 1. The van der Waals surface area contributed by atoms with Crippen LogP contribution in [0.3, 0.4) is 0 Å². The van der Waals surface area contributed by atoms with Crippen LogP contribution in [0.2, 0.25) is 0 Å². The Morgan fingerprint density at radius 1 is 1.13 bits per heavy atom. The van der Waals surface area contributed by atoms with E-state index in [1.807, 2.05) is 33.8 Å². The molecule has 2 aliphatic rings. The second kappa shape index (κ2) is 10.0. The maximum atomic E-state index is 12.3. The molecule has 10 nitrogen and oxygen atoms in total. The molecule has 11 heteroatoms. The summed E-state index contributed by atoms with van der Waals surface area (Å²) >= 11 is 0. The van der Waals surface area contributed by atoms with Crippen molar-refractivity contribution in [2.24, 2.45) is 5.73 Å². The van der Waals surface area contributed by atoms with Crippen molar-refractivity contribution in [3.8, 4) is 5.88 Å². The minimum atomic E-state index is -3.08. The third kappa shape index (κ3) is 5.05. The number of nitrogens with two attached hydrogens (primary N) is 1. The Morgan fingerprint density at radius 3 is 2.56 bits per heavy atom. The van der Waals surface area contributed by atoms with Crippen LogP contribution >= 0.6 is 0 Å². The number of pyridine rings is 3. The molecule has 4 heterocycles. The molecule has 3 aromatic rings. The molecule has 0 radical (unpaired) electrons. The summed E-state index contributed by atoms with van der Waals surface area (Å²) < 4.78 is 35.9. The summed E-state index contributed by atoms with van der Waals surface area (Å²) in [6, 6.07) is 5.34. The van der Waals surface area contributed by atoms with Gasteiger partial charge in [-0.15, -0.1) is 0 Å². The maximum Gasteiger partial charge on any atom is 0.340 e. The number of rotatable bonds is 8. The number of aromatic nitrogens is 3. The largest absolute Gasteiger partial charge is 0.474 e. The molecule has 0 spiro atoms. The highest BCUT2D eigenvalue weighted by molar-refractivity contribution is 7.92. The smallest absolute Gasteiger partial charge is 0.340 e. The lowest BCUT2D eigenvalue weighted by molar-refractivity contribution is 0.0235. The molecule has 0 saturated heterocycles. The Morgan fingerprint density at radius 2 is 1.87 bits per heavy atom. The van der Waals surface area contributed by atoms with Crippen LogP contribution in [0, 0.1) is 0 Å². The molecule has 0 aromatic carbocycles. The van der Waals surface area contributed by atoms with Crippen molar-refractivity contribution < 1.29 is 22.7 Å². The van der Waals surface area contributed by atoms with Gasteiger partial charge in [0.05, 0.1) is 21.9 Å². The summed E-state index contributed by atoms with van der Waals surface area (Å²) in [4.78, 5) is 26.1. The summed E-state index contributed by atoms with van der Waals surface area (Å²) in [7, 11) is -3.08. The molecular weight excluding hydrogens is 518 g/mol. The van der Waals surface area contributed by atoms with E-state index in [4.69, 9.17) is 20.2 Å². The van der Waals surface area contributed by atoms with Crippen molar-refractivity contribution >= 4 is 38.2 Å². The molecule has 1 aliphatic carbocycles. The van der Waals surface area contributed by atoms with Gasteiger partial charge in [-0.05, 0) is 49.4 Å². The zero-order chi connectivity index (χ0) is 28.1. The first kappa shape index (κ1) is 27.3. The highest BCUT2D eigenvalue weighted by atomic mass is 32.2. The highest BCUT2D eigenvalue weighted by Gasteiger charge is 2.39. The molecule has 1 saturated carbocycles. The van der Waals surface area contributed by atoms with E-state index in [-0.39, 0.29) is 35.1 Å². The van der Waals surface area contributed by atoms with E-state index in [0.29, 0.717) is 53.4 Å². The topological polar surface area (TPSA) is 146 Å². The van der Waals surface area contributed by atoms with E-state index >= 15 is 0 Å². The molecule has 1 fully saturated rings. The summed E-state index contributed by atoms with van der Waals surface area (Å²) in [6.07, 6.45) is 4.53. The minimum Gasteiger partial charge on any atom is -0.474 e. The SMILES string of the molecule is CCC(C)(N)c1cnc(O[C@H]2C[C@@H](S(=O)(=O)CC)C2)c2cnc(Nc3ccc4c(n3)[C@@H](C)[C@H](C)OC4=O)cc12. The first-order valence-electron chi connectivity index (χ1n) is 13.4. The van der Waals surface area contributed by atoms with Gasteiger partial charge in [-0.25, -0.2) is 28.2 Å². The Hall–Kier alpha value is -3.31. The van der Waals surface area contributed by atoms with E-state index in [0.717, 1.165) is 10.9 Å². The lowest BCUT2D eigenvalue weighted by atomic mass is 9.88. The van der Waals surface area contributed by atoms with E-state index in [1.165, 1.54) is 0 Å². The van der Waals surface area contributed by atoms with Gasteiger partial charge in [0, 0.05) is 42.4 Å². The summed E-state index contributed by atoms with van der Waals surface area (Å²) in [5.74, 6) is 1.25. The predicted octanol–water partition coefficient (Wildman–Crippen LogP) is 4.36. The van der Waals surface area contributed by atoms with Crippen LogP contribution in [0.25, 0.3) is 10.8 Å². The number of hydrogen-bond donors (Lipinski definition) is 2. The Bertz CT molecular complexity index is 1530. The number of anilines is 2. The molecule has 3 N–H and O–H groups in total. The maximum absolute atomic E-state index is 12.3. The Kier molecular flexibility index (Phi) is 7.00. The number of cyclic esters (lactones) is 1. The number of sulfone groups is 1. The number of nitrogens with zero attached hydrogens (tertiary/aromatic N) is 3. The fraction of sp³-hybridized carbons (Fsp3) is 0.500. The van der Waals surface area contributed by atoms with Crippen LogP contribution in [-0.4, -0.2) is 52.5 Å². The van der Waals surface area contributed by atoms with Crippen LogP contribution in [0.5, 0.6) is 5.88 Å². The van der Waals surface area contributed by atoms with Crippen LogP contribution in [0.4, 0.5) is 11.6 Å². The predicted molar refractivity (Wildman–Crippen MR) is 149 cm³/mol. The molecule has 0 amide bonds. The average Bonchev–Trinajstić information content (AvgIpc) is 2.88. The molecule has 1 unspecified atom stereocenters. The number of fused-ring (bicyclic) bond motifs is 2. The molecular formula is C28H35N5O5S. The molecule has 5 rings (SSSR count). The van der Waals surface area contributed by atoms with Gasteiger partial charge in [-0.2, -0.15) is 0 Å². The highest BCUT2D eigenvalue weighted by Crippen LogP contribution is 2.38. The Balaban J connectivity index is 1.47. The van der Waals surface area contributed by atoms with Crippen LogP contribution < -0.4 is 15.8 Å². The lowest BCUT2D eigenvalue weighted by Gasteiger charge is -2.34. The Labute approximate surface area is 228 Å². The normalized spacial score (nSPS) is 24.3. The average molecular weight is 554 g/mol. The van der Waals surface area contributed by atoms with Gasteiger partial charge in [0.15, 0.2) is 9.84 Å². The summed E-state index contributed by atoms with van der Waals surface area (Å²) in [6.45, 7) is 9.48. The standard InChI is InChI=1S/C28H35N5O5S/c1-6-28(5,29)22-14-31-26(38-17-10-18(11-17)39(35,36)7-2)21-13-30-24(12-20(21)22)32-23-9-8-19-25(33-23)15(3)16(4)37-27(19)34/h8-9,12-18H,6-7,10-11,29H2,1-5H3,(H,30,32,33)/t15-,16-,17-,18+,28?/m0/s1. The van der Waals surface area contributed by atoms with Crippen LogP contribution in [-0.2, 0) is 20.1 Å². The van der Waals surface area contributed by atoms with Crippen LogP contribution in [0.1, 0.15) is 81.4 Å². The third-order valence-electron chi connectivity index (χ3n) is 8.15. The third-order valence-corrected chi connectivity index (χ3v) is 10.4. The molecule has 3 atom stereocenters. The second-order valence-corrected chi connectivity index (χ2v) is 13.4. The van der Waals surface area contributed by atoms with E-state index < -0.39 is 15.4 Å². The zero-order valence-electron chi connectivity index (χ0n) is 22.9. The summed E-state index contributed by atoms with van der Waals surface area (Å²) in [5, 5.41) is 4.44. The molecule has 1 aliphatic heterocycles. The lowest BCUT2D eigenvalue weighted by Crippen LogP contribution is -2.43. The quantitative estimate of drug-likeness (QED) is 0.386. The van der Waals surface area contributed by atoms with Crippen molar-refractivity contribution in [3.63, 3.8) is 0 Å². The van der Waals surface area contributed by atoms with Crippen molar-refractivity contribution in [1.29, 1.82) is 0 Å². The summed E-state index contributed by atoms with van der Waals surface area (Å²) in [5.41, 5.74) is 8.02. The number of carbonyl (C=O) groups excluding carboxylic acids is 1. The van der Waals surface area contributed by atoms with Crippen LogP contribution in [0.15, 0.2) is 30.6 Å². The number of ether oxygens (including phenoxy) is 2. The van der Waals surface area contributed by atoms with Gasteiger partial charge < -0.3 is 20.5 Å². The molecule has 0 bridgehead atoms. The molecule has 208 valence electrons. The van der Waals surface area contributed by atoms with Gasteiger partial charge in [-0.3, -0.25) is 0 Å². The number of nitrogens with one attached hydrogen (secondary N) is 1. The van der Waals surface area contributed by atoms with Crippen molar-refractivity contribution in [2.75, 3.05) is 11.1 Å². The minimum absolute atomic E-state index is 0.0395. The molecule has 39 heavy (non-hydrogen) atoms. The molecule has 3 aromatic heterocycles. The van der Waals surface area contributed by atoms with Gasteiger partial charge in [-0.1, -0.05) is 20.8 Å².